The fourth-order valence-electron chi connectivity index (χ4n) is 1.17. The molecular weight excluding hydrogens is 188 g/mol. The van der Waals surface area contributed by atoms with Gasteiger partial charge in [-0.05, 0) is 25.0 Å². The average molecular weight is 204 g/mol. The standard InChI is InChI=1S/C12H16N2O/c1-3-4-5-6-9-13-12-8-7-11(15-2)10-14-12/h1,7-8,10H,4-6,9H2,2H3,(H,13,14). The second kappa shape index (κ2) is 6.72. The zero-order valence-corrected chi connectivity index (χ0v) is 8.99. The van der Waals surface area contributed by atoms with E-state index in [0.29, 0.717) is 0 Å². The van der Waals surface area contributed by atoms with Crippen molar-refractivity contribution in [2.24, 2.45) is 0 Å². The highest BCUT2D eigenvalue weighted by molar-refractivity contribution is 5.37. The fraction of sp³-hybridized carbons (Fsp3) is 0.417. The van der Waals surface area contributed by atoms with Gasteiger partial charge >= 0.3 is 0 Å². The van der Waals surface area contributed by atoms with Crippen LogP contribution < -0.4 is 10.1 Å². The van der Waals surface area contributed by atoms with Crippen LogP contribution in [0.5, 0.6) is 5.75 Å². The number of hydrogen-bond donors (Lipinski definition) is 1. The number of hydrogen-bond acceptors (Lipinski definition) is 3. The Balaban J connectivity index is 2.23. The lowest BCUT2D eigenvalue weighted by molar-refractivity contribution is 0.413. The number of anilines is 1. The minimum atomic E-state index is 0.771. The summed E-state index contributed by atoms with van der Waals surface area (Å²) in [7, 11) is 1.63. The molecule has 0 bridgehead atoms. The van der Waals surface area contributed by atoms with Crippen LogP contribution in [0.2, 0.25) is 0 Å². The molecule has 1 aromatic rings. The summed E-state index contributed by atoms with van der Waals surface area (Å²) >= 11 is 0. The molecule has 0 aliphatic carbocycles. The molecule has 0 aromatic carbocycles. The van der Waals surface area contributed by atoms with Gasteiger partial charge in [-0.25, -0.2) is 4.98 Å². The summed E-state index contributed by atoms with van der Waals surface area (Å²) in [4.78, 5) is 4.19. The van der Waals surface area contributed by atoms with E-state index in [4.69, 9.17) is 11.2 Å². The molecule has 0 atom stereocenters. The number of aromatic nitrogens is 1. The van der Waals surface area contributed by atoms with Crippen LogP contribution in [-0.4, -0.2) is 18.6 Å². The first-order chi connectivity index (χ1) is 7.36. The summed E-state index contributed by atoms with van der Waals surface area (Å²) in [5, 5.41) is 3.22. The van der Waals surface area contributed by atoms with Crippen LogP contribution in [0.25, 0.3) is 0 Å². The summed E-state index contributed by atoms with van der Waals surface area (Å²) in [6.07, 6.45) is 9.82. The molecule has 1 heterocycles. The number of methoxy groups -OCH3 is 1. The van der Waals surface area contributed by atoms with Gasteiger partial charge in [-0.1, -0.05) is 0 Å². The molecule has 1 rings (SSSR count). The second-order valence-corrected chi connectivity index (χ2v) is 3.17. The highest BCUT2D eigenvalue weighted by Crippen LogP contribution is 2.11. The van der Waals surface area contributed by atoms with Gasteiger partial charge in [-0.3, -0.25) is 0 Å². The number of ether oxygens (including phenoxy) is 1. The monoisotopic (exact) mass is 204 g/mol. The van der Waals surface area contributed by atoms with Gasteiger partial charge in [0.25, 0.3) is 0 Å². The molecule has 80 valence electrons. The first kappa shape index (κ1) is 11.4. The van der Waals surface area contributed by atoms with E-state index in [1.54, 1.807) is 13.3 Å². The van der Waals surface area contributed by atoms with Crippen LogP contribution in [0.15, 0.2) is 18.3 Å². The third-order valence-electron chi connectivity index (χ3n) is 2.03. The predicted octanol–water partition coefficient (Wildman–Crippen LogP) is 2.31. The summed E-state index contributed by atoms with van der Waals surface area (Å²) in [6.45, 7) is 0.904. The number of nitrogens with zero attached hydrogens (tertiary/aromatic N) is 1. The summed E-state index contributed by atoms with van der Waals surface area (Å²) < 4.78 is 5.01. The van der Waals surface area contributed by atoms with Crippen molar-refractivity contribution in [1.29, 1.82) is 0 Å². The van der Waals surface area contributed by atoms with Crippen molar-refractivity contribution in [3.63, 3.8) is 0 Å². The largest absolute Gasteiger partial charge is 0.495 e. The van der Waals surface area contributed by atoms with E-state index >= 15 is 0 Å². The Morgan fingerprint density at radius 3 is 2.93 bits per heavy atom. The topological polar surface area (TPSA) is 34.1 Å². The lowest BCUT2D eigenvalue weighted by Crippen LogP contribution is -2.02. The predicted molar refractivity (Wildman–Crippen MR) is 62.0 cm³/mol. The molecule has 15 heavy (non-hydrogen) atoms. The average Bonchev–Trinajstić information content (AvgIpc) is 2.30. The van der Waals surface area contributed by atoms with Gasteiger partial charge in [-0.15, -0.1) is 12.3 Å². The zero-order chi connectivity index (χ0) is 10.9. The third-order valence-corrected chi connectivity index (χ3v) is 2.03. The number of pyridine rings is 1. The second-order valence-electron chi connectivity index (χ2n) is 3.17. The Kier molecular flexibility index (Phi) is 5.10. The van der Waals surface area contributed by atoms with Crippen LogP contribution in [0.3, 0.4) is 0 Å². The molecule has 0 radical (unpaired) electrons. The van der Waals surface area contributed by atoms with Crippen molar-refractivity contribution in [2.45, 2.75) is 19.3 Å². The zero-order valence-electron chi connectivity index (χ0n) is 8.99. The Bertz CT molecular complexity index is 313. The Hall–Kier alpha value is -1.69. The molecule has 1 aromatic heterocycles. The van der Waals surface area contributed by atoms with E-state index in [2.05, 4.69) is 16.2 Å². The molecule has 0 saturated carbocycles. The van der Waals surface area contributed by atoms with Gasteiger partial charge in [0, 0.05) is 13.0 Å². The van der Waals surface area contributed by atoms with Crippen LogP contribution in [-0.2, 0) is 0 Å². The summed E-state index contributed by atoms with van der Waals surface area (Å²) in [5.41, 5.74) is 0. The Morgan fingerprint density at radius 2 is 2.33 bits per heavy atom. The maximum Gasteiger partial charge on any atom is 0.137 e. The molecule has 0 amide bonds. The van der Waals surface area contributed by atoms with Crippen LogP contribution in [0, 0.1) is 12.3 Å². The lowest BCUT2D eigenvalue weighted by Gasteiger charge is -2.05. The molecule has 0 unspecified atom stereocenters. The molecule has 0 saturated heterocycles. The first-order valence-electron chi connectivity index (χ1n) is 5.04. The molecule has 3 heteroatoms. The quantitative estimate of drug-likeness (QED) is 0.570. The highest BCUT2D eigenvalue weighted by Gasteiger charge is 1.94. The number of rotatable bonds is 6. The van der Waals surface area contributed by atoms with Gasteiger partial charge in [0.1, 0.15) is 11.6 Å². The van der Waals surface area contributed by atoms with Crippen molar-refractivity contribution in [1.82, 2.24) is 4.98 Å². The molecule has 0 aliphatic heterocycles. The maximum absolute atomic E-state index is 5.16. The highest BCUT2D eigenvalue weighted by atomic mass is 16.5. The van der Waals surface area contributed by atoms with Gasteiger partial charge < -0.3 is 10.1 Å². The van der Waals surface area contributed by atoms with Crippen LogP contribution >= 0.6 is 0 Å². The lowest BCUT2D eigenvalue weighted by atomic mass is 10.2. The van der Waals surface area contributed by atoms with E-state index in [1.165, 1.54) is 0 Å². The first-order valence-corrected chi connectivity index (χ1v) is 5.04. The summed E-state index contributed by atoms with van der Waals surface area (Å²) in [6, 6.07) is 3.79. The van der Waals surface area contributed by atoms with E-state index in [0.717, 1.165) is 37.4 Å². The Labute approximate surface area is 90.9 Å². The number of nitrogens with one attached hydrogen (secondary N) is 1. The minimum absolute atomic E-state index is 0.771. The van der Waals surface area contributed by atoms with Gasteiger partial charge in [0.2, 0.25) is 0 Å². The molecule has 0 spiro atoms. The van der Waals surface area contributed by atoms with Gasteiger partial charge in [0.15, 0.2) is 0 Å². The SMILES string of the molecule is C#CCCCCNc1ccc(OC)cn1. The smallest absolute Gasteiger partial charge is 0.137 e. The molecule has 1 N–H and O–H groups in total. The molecule has 0 aliphatic rings. The molecular formula is C12H16N2O. The van der Waals surface area contributed by atoms with Crippen LogP contribution in [0.1, 0.15) is 19.3 Å². The van der Waals surface area contributed by atoms with E-state index < -0.39 is 0 Å². The van der Waals surface area contributed by atoms with E-state index in [1.807, 2.05) is 12.1 Å². The van der Waals surface area contributed by atoms with Gasteiger partial charge in [0.05, 0.1) is 13.3 Å². The normalized spacial score (nSPS) is 9.33. The van der Waals surface area contributed by atoms with Crippen LogP contribution in [0.4, 0.5) is 5.82 Å². The summed E-state index contributed by atoms with van der Waals surface area (Å²) in [5.74, 6) is 4.26. The van der Waals surface area contributed by atoms with Crippen molar-refractivity contribution < 1.29 is 4.74 Å². The van der Waals surface area contributed by atoms with E-state index in [-0.39, 0.29) is 0 Å². The van der Waals surface area contributed by atoms with Crippen molar-refractivity contribution in [3.8, 4) is 18.1 Å². The minimum Gasteiger partial charge on any atom is -0.495 e. The van der Waals surface area contributed by atoms with Gasteiger partial charge in [-0.2, -0.15) is 0 Å². The van der Waals surface area contributed by atoms with E-state index in [9.17, 15) is 0 Å². The molecule has 3 nitrogen and oxygen atoms in total. The number of terminal acetylenes is 1. The fourth-order valence-corrected chi connectivity index (χ4v) is 1.17. The third kappa shape index (κ3) is 4.37. The van der Waals surface area contributed by atoms with Crippen molar-refractivity contribution in [3.05, 3.63) is 18.3 Å². The number of unbranched alkanes of at least 4 members (excludes halogenated alkanes) is 2. The maximum atomic E-state index is 5.16. The Morgan fingerprint density at radius 1 is 1.47 bits per heavy atom. The van der Waals surface area contributed by atoms with Crippen molar-refractivity contribution >= 4 is 5.82 Å². The molecule has 0 fully saturated rings. The van der Waals surface area contributed by atoms with Crippen molar-refractivity contribution in [2.75, 3.05) is 19.0 Å².